The number of hydrogen-bond acceptors (Lipinski definition) is 5. The number of halogens is 1. The van der Waals surface area contributed by atoms with E-state index in [0.29, 0.717) is 18.4 Å². The molecule has 1 saturated heterocycles. The van der Waals surface area contributed by atoms with Gasteiger partial charge in [-0.25, -0.2) is 4.99 Å². The minimum Gasteiger partial charge on any atom is -0.379 e. The Balaban J connectivity index is 0.00000264. The molecular weight excluding hydrogens is 409 g/mol. The van der Waals surface area contributed by atoms with Crippen LogP contribution in [0.3, 0.4) is 0 Å². The molecule has 1 aromatic heterocycles. The second kappa shape index (κ2) is 10.8. The average molecular weight is 437 g/mol. The smallest absolute Gasteiger partial charge is 0.189 e. The van der Waals surface area contributed by atoms with Crippen LogP contribution in [-0.2, 0) is 11.3 Å². The third-order valence-corrected chi connectivity index (χ3v) is 3.63. The lowest BCUT2D eigenvalue weighted by Crippen LogP contribution is -2.39. The highest BCUT2D eigenvalue weighted by atomic mass is 127. The monoisotopic (exact) mass is 437 g/mol. The first-order valence-corrected chi connectivity index (χ1v) is 7.94. The van der Waals surface area contributed by atoms with E-state index in [9.17, 15) is 0 Å². The van der Waals surface area contributed by atoms with Gasteiger partial charge in [0.05, 0.1) is 18.9 Å². The zero-order valence-corrected chi connectivity index (χ0v) is 16.3. The van der Waals surface area contributed by atoms with E-state index in [1.165, 1.54) is 0 Å². The number of hydrogen-bond donors (Lipinski definition) is 2. The first-order valence-electron chi connectivity index (χ1n) is 7.94. The third kappa shape index (κ3) is 7.49. The Morgan fingerprint density at radius 3 is 2.83 bits per heavy atom. The standard InChI is InChI=1S/C15H27N5O2.HI/c1-12(2)14-10-13(22-19-14)11-18-15(16)17-4-3-5-20-6-8-21-9-7-20;/h10,12H,3-9,11H2,1-2H3,(H3,16,17,18);1H. The van der Waals surface area contributed by atoms with Crippen molar-refractivity contribution in [2.45, 2.75) is 32.7 Å². The highest BCUT2D eigenvalue weighted by Crippen LogP contribution is 2.14. The Labute approximate surface area is 155 Å². The average Bonchev–Trinajstić information content (AvgIpc) is 3.00. The Morgan fingerprint density at radius 1 is 1.43 bits per heavy atom. The molecule has 0 unspecified atom stereocenters. The summed E-state index contributed by atoms with van der Waals surface area (Å²) in [6.07, 6.45) is 1.04. The first kappa shape index (κ1) is 20.2. The summed E-state index contributed by atoms with van der Waals surface area (Å²) >= 11 is 0. The lowest BCUT2D eigenvalue weighted by atomic mass is 10.1. The topological polar surface area (TPSA) is 88.9 Å². The molecule has 3 N–H and O–H groups in total. The number of guanidine groups is 1. The van der Waals surface area contributed by atoms with Gasteiger partial charge in [-0.15, -0.1) is 24.0 Å². The van der Waals surface area contributed by atoms with Crippen molar-refractivity contribution in [3.05, 3.63) is 17.5 Å². The van der Waals surface area contributed by atoms with Crippen LogP contribution in [-0.4, -0.2) is 55.4 Å². The van der Waals surface area contributed by atoms with Gasteiger partial charge in [0.15, 0.2) is 11.7 Å². The molecule has 7 nitrogen and oxygen atoms in total. The van der Waals surface area contributed by atoms with Crippen molar-refractivity contribution in [2.24, 2.45) is 10.7 Å². The SMILES string of the molecule is CC(C)c1cc(CN=C(N)NCCCN2CCOCC2)on1.I. The van der Waals surface area contributed by atoms with Crippen molar-refractivity contribution in [3.63, 3.8) is 0 Å². The van der Waals surface area contributed by atoms with E-state index in [1.54, 1.807) is 0 Å². The molecule has 8 heteroatoms. The Kier molecular flexibility index (Phi) is 9.49. The van der Waals surface area contributed by atoms with Crippen molar-refractivity contribution in [1.82, 2.24) is 15.4 Å². The molecule has 0 aromatic carbocycles. The number of nitrogens with two attached hydrogens (primary N) is 1. The molecule has 2 rings (SSSR count). The number of aromatic nitrogens is 1. The van der Waals surface area contributed by atoms with E-state index in [4.69, 9.17) is 15.0 Å². The van der Waals surface area contributed by atoms with Gasteiger partial charge in [-0.1, -0.05) is 19.0 Å². The molecule has 0 bridgehead atoms. The van der Waals surface area contributed by atoms with Crippen LogP contribution in [0.2, 0.25) is 0 Å². The summed E-state index contributed by atoms with van der Waals surface area (Å²) in [5.41, 5.74) is 6.80. The summed E-state index contributed by atoms with van der Waals surface area (Å²) in [4.78, 5) is 6.67. The molecule has 2 heterocycles. The summed E-state index contributed by atoms with van der Waals surface area (Å²) in [5, 5.41) is 7.13. The zero-order chi connectivity index (χ0) is 15.8. The van der Waals surface area contributed by atoms with E-state index in [0.717, 1.165) is 57.3 Å². The van der Waals surface area contributed by atoms with Gasteiger partial charge in [0.1, 0.15) is 6.54 Å². The van der Waals surface area contributed by atoms with Crippen molar-refractivity contribution >= 4 is 29.9 Å². The lowest BCUT2D eigenvalue weighted by Gasteiger charge is -2.26. The maximum Gasteiger partial charge on any atom is 0.189 e. The maximum atomic E-state index is 5.85. The second-order valence-corrected chi connectivity index (χ2v) is 5.81. The fourth-order valence-electron chi connectivity index (χ4n) is 2.24. The highest BCUT2D eigenvalue weighted by molar-refractivity contribution is 14.0. The Morgan fingerprint density at radius 2 is 2.17 bits per heavy atom. The van der Waals surface area contributed by atoms with Gasteiger partial charge >= 0.3 is 0 Å². The summed E-state index contributed by atoms with van der Waals surface area (Å²) < 4.78 is 10.5. The van der Waals surface area contributed by atoms with E-state index >= 15 is 0 Å². The Hall–Kier alpha value is -0.870. The Bertz CT molecular complexity index is 472. The molecule has 1 aliphatic rings. The molecule has 132 valence electrons. The number of ether oxygens (including phenoxy) is 1. The van der Waals surface area contributed by atoms with Crippen LogP contribution in [0.5, 0.6) is 0 Å². The molecule has 1 aliphatic heterocycles. The molecular formula is C15H28IN5O2. The predicted molar refractivity (Wildman–Crippen MR) is 101 cm³/mol. The number of nitrogens with one attached hydrogen (secondary N) is 1. The van der Waals surface area contributed by atoms with Crippen molar-refractivity contribution in [3.8, 4) is 0 Å². The molecule has 0 amide bonds. The highest BCUT2D eigenvalue weighted by Gasteiger charge is 2.09. The van der Waals surface area contributed by atoms with E-state index in [2.05, 4.69) is 34.2 Å². The number of rotatable bonds is 7. The van der Waals surface area contributed by atoms with Crippen LogP contribution in [0, 0.1) is 0 Å². The molecule has 1 aromatic rings. The number of nitrogens with zero attached hydrogens (tertiary/aromatic N) is 3. The number of morpholine rings is 1. The van der Waals surface area contributed by atoms with E-state index < -0.39 is 0 Å². The van der Waals surface area contributed by atoms with Crippen molar-refractivity contribution in [2.75, 3.05) is 39.4 Å². The molecule has 0 spiro atoms. The summed E-state index contributed by atoms with van der Waals surface area (Å²) in [5.74, 6) is 1.54. The molecule has 1 fully saturated rings. The van der Waals surface area contributed by atoms with Gasteiger partial charge in [-0.2, -0.15) is 0 Å². The quantitative estimate of drug-likeness (QED) is 0.291. The van der Waals surface area contributed by atoms with Crippen LogP contribution in [0.1, 0.15) is 37.6 Å². The first-order chi connectivity index (χ1) is 10.6. The summed E-state index contributed by atoms with van der Waals surface area (Å²) in [6, 6.07) is 1.93. The summed E-state index contributed by atoms with van der Waals surface area (Å²) in [7, 11) is 0. The van der Waals surface area contributed by atoms with Crippen LogP contribution in [0.15, 0.2) is 15.6 Å². The lowest BCUT2D eigenvalue weighted by molar-refractivity contribution is 0.0376. The van der Waals surface area contributed by atoms with E-state index in [-0.39, 0.29) is 24.0 Å². The molecule has 0 saturated carbocycles. The van der Waals surface area contributed by atoms with Crippen LogP contribution >= 0.6 is 24.0 Å². The minimum absolute atomic E-state index is 0. The van der Waals surface area contributed by atoms with Gasteiger partial charge < -0.3 is 20.3 Å². The van der Waals surface area contributed by atoms with Gasteiger partial charge in [0, 0.05) is 25.7 Å². The molecule has 0 aliphatic carbocycles. The second-order valence-electron chi connectivity index (χ2n) is 5.81. The van der Waals surface area contributed by atoms with Crippen LogP contribution in [0.4, 0.5) is 0 Å². The fourth-order valence-corrected chi connectivity index (χ4v) is 2.24. The van der Waals surface area contributed by atoms with Gasteiger partial charge in [-0.05, 0) is 18.9 Å². The van der Waals surface area contributed by atoms with Gasteiger partial charge in [-0.3, -0.25) is 4.90 Å². The third-order valence-electron chi connectivity index (χ3n) is 3.63. The van der Waals surface area contributed by atoms with Crippen LogP contribution < -0.4 is 11.1 Å². The van der Waals surface area contributed by atoms with Gasteiger partial charge in [0.25, 0.3) is 0 Å². The molecule has 0 radical (unpaired) electrons. The summed E-state index contributed by atoms with van der Waals surface area (Å²) in [6.45, 7) is 10.2. The van der Waals surface area contributed by atoms with Gasteiger partial charge in [0.2, 0.25) is 0 Å². The zero-order valence-electron chi connectivity index (χ0n) is 14.0. The van der Waals surface area contributed by atoms with E-state index in [1.807, 2.05) is 6.07 Å². The fraction of sp³-hybridized carbons (Fsp3) is 0.733. The maximum absolute atomic E-state index is 5.85. The van der Waals surface area contributed by atoms with Crippen molar-refractivity contribution in [1.29, 1.82) is 0 Å². The normalized spacial score (nSPS) is 16.4. The van der Waals surface area contributed by atoms with Crippen LogP contribution in [0.25, 0.3) is 0 Å². The number of aliphatic imine (C=N–C) groups is 1. The predicted octanol–water partition coefficient (Wildman–Crippen LogP) is 1.54. The van der Waals surface area contributed by atoms with Crippen molar-refractivity contribution < 1.29 is 9.26 Å². The molecule has 0 atom stereocenters. The largest absolute Gasteiger partial charge is 0.379 e. The molecule has 23 heavy (non-hydrogen) atoms. The minimum atomic E-state index is 0.